The molecule has 8 nitrogen and oxygen atoms in total. The van der Waals surface area contributed by atoms with Crippen LogP contribution >= 0.6 is 11.6 Å². The second-order valence-corrected chi connectivity index (χ2v) is 7.96. The number of aryl methyl sites for hydroxylation is 1. The molecule has 0 aliphatic heterocycles. The number of H-pyrrole nitrogens is 1. The number of nitrogens with one attached hydrogen (secondary N) is 1. The Balaban J connectivity index is 1.84. The zero-order valence-electron chi connectivity index (χ0n) is 16.0. The molecule has 0 aromatic carbocycles. The number of carbonyl (C=O) groups is 1. The number of amides is 1. The van der Waals surface area contributed by atoms with Crippen molar-refractivity contribution in [1.82, 2.24) is 29.7 Å². The van der Waals surface area contributed by atoms with Crippen LogP contribution in [0, 0.1) is 11.8 Å². The Hall–Kier alpha value is -2.48. The second-order valence-electron chi connectivity index (χ2n) is 7.62. The largest absolute Gasteiger partial charge is 0.364 e. The topological polar surface area (TPSA) is 115 Å². The molecule has 0 bridgehead atoms. The summed E-state index contributed by atoms with van der Waals surface area (Å²) in [7, 11) is 0. The molecule has 0 radical (unpaired) electrons. The van der Waals surface area contributed by atoms with E-state index in [-0.39, 0.29) is 11.2 Å². The first-order valence-corrected chi connectivity index (χ1v) is 10.1. The lowest BCUT2D eigenvalue weighted by molar-refractivity contribution is 0.0988. The summed E-state index contributed by atoms with van der Waals surface area (Å²) in [5.41, 5.74) is 8.25. The van der Waals surface area contributed by atoms with E-state index in [1.165, 1.54) is 0 Å². The zero-order chi connectivity index (χ0) is 19.8. The summed E-state index contributed by atoms with van der Waals surface area (Å²) in [6.07, 6.45) is 7.82. The Bertz CT molecular complexity index is 1000. The van der Waals surface area contributed by atoms with E-state index < -0.39 is 5.91 Å². The fourth-order valence-corrected chi connectivity index (χ4v) is 4.46. The average molecular weight is 402 g/mol. The van der Waals surface area contributed by atoms with Crippen molar-refractivity contribution in [3.05, 3.63) is 34.8 Å². The number of aromatic amines is 1. The summed E-state index contributed by atoms with van der Waals surface area (Å²) in [6.45, 7) is 4.81. The molecule has 3 aromatic heterocycles. The number of hydrogen-bond acceptors (Lipinski definition) is 5. The van der Waals surface area contributed by atoms with E-state index in [1.807, 2.05) is 6.92 Å². The number of aromatic nitrogens is 6. The van der Waals surface area contributed by atoms with Crippen LogP contribution in [0.2, 0.25) is 5.28 Å². The van der Waals surface area contributed by atoms with Crippen LogP contribution in [0.5, 0.6) is 0 Å². The van der Waals surface area contributed by atoms with Crippen molar-refractivity contribution >= 4 is 28.7 Å². The highest BCUT2D eigenvalue weighted by Gasteiger charge is 2.35. The number of nitrogens with zero attached hydrogens (tertiary/aromatic N) is 5. The van der Waals surface area contributed by atoms with Crippen LogP contribution in [-0.4, -0.2) is 35.6 Å². The standard InChI is InChI=1S/C19H24ClN7O/c1-3-27-15(16(21)28)12(8-23-27)14(11-6-4-10(2)5-7-11)18-24-13-9-22-19(20)26-17(13)25-18/h8-11,14H,3-7H2,1-2H3,(H2,21,28)(H,22,24,25,26)/t10?,11?,14-/m0/s1. The smallest absolute Gasteiger partial charge is 0.267 e. The first-order valence-electron chi connectivity index (χ1n) is 9.71. The number of halogens is 1. The van der Waals surface area contributed by atoms with Crippen LogP contribution in [0.3, 0.4) is 0 Å². The summed E-state index contributed by atoms with van der Waals surface area (Å²) < 4.78 is 1.66. The van der Waals surface area contributed by atoms with Crippen molar-refractivity contribution in [2.75, 3.05) is 0 Å². The maximum atomic E-state index is 12.2. The van der Waals surface area contributed by atoms with E-state index in [4.69, 9.17) is 22.3 Å². The number of primary amides is 1. The maximum absolute atomic E-state index is 12.2. The highest BCUT2D eigenvalue weighted by atomic mass is 35.5. The van der Waals surface area contributed by atoms with Gasteiger partial charge in [0.25, 0.3) is 5.91 Å². The Kier molecular flexibility index (Phi) is 5.05. The fourth-order valence-electron chi connectivity index (χ4n) is 4.33. The van der Waals surface area contributed by atoms with Gasteiger partial charge in [-0.15, -0.1) is 0 Å². The third kappa shape index (κ3) is 3.37. The molecule has 148 valence electrons. The van der Waals surface area contributed by atoms with E-state index in [2.05, 4.69) is 27.0 Å². The highest BCUT2D eigenvalue weighted by Crippen LogP contribution is 2.42. The van der Waals surface area contributed by atoms with Crippen molar-refractivity contribution in [3.63, 3.8) is 0 Å². The minimum Gasteiger partial charge on any atom is -0.364 e. The monoisotopic (exact) mass is 401 g/mol. The summed E-state index contributed by atoms with van der Waals surface area (Å²) >= 11 is 5.93. The summed E-state index contributed by atoms with van der Waals surface area (Å²) in [4.78, 5) is 28.5. The van der Waals surface area contributed by atoms with Gasteiger partial charge in [0.15, 0.2) is 5.65 Å². The number of rotatable bonds is 5. The number of imidazole rings is 1. The van der Waals surface area contributed by atoms with Crippen LogP contribution in [0.15, 0.2) is 12.4 Å². The molecule has 3 aromatic rings. The molecule has 1 amide bonds. The molecule has 0 spiro atoms. The van der Waals surface area contributed by atoms with Crippen molar-refractivity contribution in [1.29, 1.82) is 0 Å². The quantitative estimate of drug-likeness (QED) is 0.636. The lowest BCUT2D eigenvalue weighted by Crippen LogP contribution is -2.25. The molecule has 28 heavy (non-hydrogen) atoms. The minimum atomic E-state index is -0.470. The van der Waals surface area contributed by atoms with Gasteiger partial charge in [0.1, 0.15) is 17.0 Å². The van der Waals surface area contributed by atoms with Gasteiger partial charge in [-0.1, -0.05) is 19.8 Å². The van der Waals surface area contributed by atoms with E-state index in [9.17, 15) is 4.79 Å². The van der Waals surface area contributed by atoms with Gasteiger partial charge in [-0.05, 0) is 43.2 Å². The van der Waals surface area contributed by atoms with Crippen LogP contribution < -0.4 is 5.73 Å². The summed E-state index contributed by atoms with van der Waals surface area (Å²) in [5, 5.41) is 4.56. The van der Waals surface area contributed by atoms with Crippen LogP contribution in [0.25, 0.3) is 11.2 Å². The van der Waals surface area contributed by atoms with Gasteiger partial charge < -0.3 is 10.7 Å². The van der Waals surface area contributed by atoms with Crippen molar-refractivity contribution in [3.8, 4) is 0 Å². The molecule has 9 heteroatoms. The van der Waals surface area contributed by atoms with Crippen molar-refractivity contribution in [2.24, 2.45) is 17.6 Å². The SMILES string of the molecule is CCn1ncc([C@@H](c2nc3nc(Cl)ncc3[nH]2)C2CCC(C)CC2)c1C(N)=O. The number of carbonyl (C=O) groups excluding carboxylic acids is 1. The molecule has 1 aliphatic carbocycles. The lowest BCUT2D eigenvalue weighted by Gasteiger charge is -2.31. The van der Waals surface area contributed by atoms with Crippen molar-refractivity contribution < 1.29 is 4.79 Å². The van der Waals surface area contributed by atoms with E-state index in [0.29, 0.717) is 29.7 Å². The minimum absolute atomic E-state index is 0.108. The third-order valence-corrected chi connectivity index (χ3v) is 5.97. The van der Waals surface area contributed by atoms with Gasteiger partial charge >= 0.3 is 0 Å². The van der Waals surface area contributed by atoms with Crippen LogP contribution in [-0.2, 0) is 6.54 Å². The second kappa shape index (κ2) is 7.50. The molecular formula is C19H24ClN7O. The normalized spacial score (nSPS) is 21.1. The van der Waals surface area contributed by atoms with E-state index in [1.54, 1.807) is 17.1 Å². The van der Waals surface area contributed by atoms with Crippen molar-refractivity contribution in [2.45, 2.75) is 52.0 Å². The molecule has 0 saturated heterocycles. The Morgan fingerprint density at radius 1 is 1.32 bits per heavy atom. The third-order valence-electron chi connectivity index (χ3n) is 5.79. The molecule has 1 fully saturated rings. The molecule has 4 rings (SSSR count). The van der Waals surface area contributed by atoms with Gasteiger partial charge in [-0.25, -0.2) is 9.97 Å². The molecule has 1 atom stereocenters. The van der Waals surface area contributed by atoms with Crippen LogP contribution in [0.1, 0.15) is 67.3 Å². The molecule has 1 saturated carbocycles. The maximum Gasteiger partial charge on any atom is 0.267 e. The molecule has 3 N–H and O–H groups in total. The van der Waals surface area contributed by atoms with Gasteiger partial charge in [0.05, 0.1) is 12.4 Å². The van der Waals surface area contributed by atoms with Gasteiger partial charge in [0, 0.05) is 18.0 Å². The Morgan fingerprint density at radius 2 is 2.07 bits per heavy atom. The predicted octanol–water partition coefficient (Wildman–Crippen LogP) is 3.28. The average Bonchev–Trinajstić information content (AvgIpc) is 3.27. The number of fused-ring (bicyclic) bond motifs is 1. The van der Waals surface area contributed by atoms with Gasteiger partial charge in [-0.2, -0.15) is 10.1 Å². The molecule has 3 heterocycles. The summed E-state index contributed by atoms with van der Waals surface area (Å²) in [6, 6.07) is 0. The Morgan fingerprint density at radius 3 is 2.75 bits per heavy atom. The Labute approximate surface area is 167 Å². The molecule has 1 aliphatic rings. The highest BCUT2D eigenvalue weighted by molar-refractivity contribution is 6.28. The first kappa shape index (κ1) is 18.9. The summed E-state index contributed by atoms with van der Waals surface area (Å²) in [5.74, 6) is 1.23. The number of hydrogen-bond donors (Lipinski definition) is 2. The van der Waals surface area contributed by atoms with Crippen LogP contribution in [0.4, 0.5) is 0 Å². The first-order chi connectivity index (χ1) is 13.5. The van der Waals surface area contributed by atoms with E-state index in [0.717, 1.165) is 42.6 Å². The predicted molar refractivity (Wildman–Crippen MR) is 106 cm³/mol. The van der Waals surface area contributed by atoms with E-state index >= 15 is 0 Å². The zero-order valence-corrected chi connectivity index (χ0v) is 16.8. The van der Waals surface area contributed by atoms with Gasteiger partial charge in [0.2, 0.25) is 5.28 Å². The van der Waals surface area contributed by atoms with Gasteiger partial charge in [-0.3, -0.25) is 9.48 Å². The number of nitrogens with two attached hydrogens (primary N) is 1. The lowest BCUT2D eigenvalue weighted by atomic mass is 9.73. The fraction of sp³-hybridized carbons (Fsp3) is 0.526. The molecular weight excluding hydrogens is 378 g/mol. The molecule has 0 unspecified atom stereocenters.